The highest BCUT2D eigenvalue weighted by molar-refractivity contribution is 5.98. The van der Waals surface area contributed by atoms with E-state index in [4.69, 9.17) is 0 Å². The molecule has 2 aromatic carbocycles. The highest BCUT2D eigenvalue weighted by Gasteiger charge is 2.28. The molecule has 0 amide bonds. The summed E-state index contributed by atoms with van der Waals surface area (Å²) in [6.45, 7) is 5.46. The van der Waals surface area contributed by atoms with Gasteiger partial charge in [0.2, 0.25) is 0 Å². The molecule has 2 atom stereocenters. The van der Waals surface area contributed by atoms with E-state index in [0.717, 1.165) is 22.0 Å². The summed E-state index contributed by atoms with van der Waals surface area (Å²) < 4.78 is 1.95. The minimum atomic E-state index is -0.864. The van der Waals surface area contributed by atoms with Gasteiger partial charge in [-0.05, 0) is 37.3 Å². The zero-order valence-electron chi connectivity index (χ0n) is 15.9. The van der Waals surface area contributed by atoms with Crippen LogP contribution >= 0.6 is 0 Å². The highest BCUT2D eigenvalue weighted by atomic mass is 16.4. The Hall–Kier alpha value is -2.59. The van der Waals surface area contributed by atoms with Crippen LogP contribution in [0.2, 0.25) is 0 Å². The van der Waals surface area contributed by atoms with Crippen molar-refractivity contribution in [3.63, 3.8) is 0 Å². The third-order valence-corrected chi connectivity index (χ3v) is 5.90. The molecule has 4 nitrogen and oxygen atoms in total. The molecule has 3 aromatic rings. The summed E-state index contributed by atoms with van der Waals surface area (Å²) in [5.41, 5.74) is 4.58. The van der Waals surface area contributed by atoms with Crippen molar-refractivity contribution in [2.24, 2.45) is 5.92 Å². The van der Waals surface area contributed by atoms with Crippen LogP contribution in [0.1, 0.15) is 46.9 Å². The summed E-state index contributed by atoms with van der Waals surface area (Å²) in [6, 6.07) is 16.8. The lowest BCUT2D eigenvalue weighted by Crippen LogP contribution is -2.42. The molecule has 1 aliphatic rings. The summed E-state index contributed by atoms with van der Waals surface area (Å²) in [5, 5.41) is 14.6. The maximum atomic E-state index is 12.2. The molecule has 1 aromatic heterocycles. The van der Waals surface area contributed by atoms with Crippen LogP contribution in [0.3, 0.4) is 0 Å². The molecule has 0 bridgehead atoms. The van der Waals surface area contributed by atoms with Gasteiger partial charge in [-0.2, -0.15) is 0 Å². The van der Waals surface area contributed by atoms with E-state index in [2.05, 4.69) is 43.4 Å². The predicted octanol–water partition coefficient (Wildman–Crippen LogP) is 4.58. The van der Waals surface area contributed by atoms with E-state index >= 15 is 0 Å². The second-order valence-corrected chi connectivity index (χ2v) is 7.76. The predicted molar refractivity (Wildman–Crippen MR) is 108 cm³/mol. The Labute approximate surface area is 159 Å². The van der Waals surface area contributed by atoms with Gasteiger partial charge in [0, 0.05) is 35.6 Å². The van der Waals surface area contributed by atoms with Gasteiger partial charge in [0.15, 0.2) is 0 Å². The molecular weight excluding hydrogens is 336 g/mol. The second-order valence-electron chi connectivity index (χ2n) is 7.76. The normalized spacial score (nSPS) is 19.2. The minimum absolute atomic E-state index is 0.399. The number of fused-ring (bicyclic) bond motifs is 1. The Bertz CT molecular complexity index is 972. The fourth-order valence-electron chi connectivity index (χ4n) is 4.04. The van der Waals surface area contributed by atoms with Gasteiger partial charge in [-0.3, -0.25) is 0 Å². The number of carboxylic acids is 1. The van der Waals surface area contributed by atoms with Gasteiger partial charge >= 0.3 is 5.97 Å². The molecule has 1 heterocycles. The van der Waals surface area contributed by atoms with Gasteiger partial charge < -0.3 is 15.0 Å². The fraction of sp³-hybridized carbons (Fsp3) is 0.348. The van der Waals surface area contributed by atoms with Crippen LogP contribution in [0.4, 0.5) is 0 Å². The van der Waals surface area contributed by atoms with Crippen molar-refractivity contribution >= 4 is 16.9 Å². The minimum Gasteiger partial charge on any atom is -0.477 e. The molecule has 0 spiro atoms. The molecule has 0 saturated heterocycles. The monoisotopic (exact) mass is 362 g/mol. The van der Waals surface area contributed by atoms with Gasteiger partial charge in [0.05, 0.1) is 0 Å². The Balaban J connectivity index is 1.76. The number of nitrogens with one attached hydrogen (secondary N) is 1. The number of aryl methyl sites for hydroxylation is 1. The van der Waals surface area contributed by atoms with E-state index in [1.54, 1.807) is 0 Å². The third-order valence-electron chi connectivity index (χ3n) is 5.90. The quantitative estimate of drug-likeness (QED) is 0.675. The number of carbonyl (C=O) groups is 1. The van der Waals surface area contributed by atoms with Gasteiger partial charge in [0.25, 0.3) is 0 Å². The van der Waals surface area contributed by atoms with Crippen LogP contribution in [0, 0.1) is 12.8 Å². The van der Waals surface area contributed by atoms with E-state index < -0.39 is 5.97 Å². The third kappa shape index (κ3) is 3.37. The lowest BCUT2D eigenvalue weighted by atomic mass is 9.81. The molecule has 27 heavy (non-hydrogen) atoms. The van der Waals surface area contributed by atoms with Crippen molar-refractivity contribution in [1.29, 1.82) is 0 Å². The van der Waals surface area contributed by atoms with E-state index in [1.807, 2.05) is 28.8 Å². The standard InChI is InChI=1S/C23H26N2O2/c1-15-7-10-17(11-8-15)14-25-21-6-4-3-5-18(21)19(22(25)23(26)27)13-24-20-12-9-16(20)2/h3-8,10-11,16,20,24H,9,12-14H2,1-2H3,(H,26,27). The Morgan fingerprint density at radius 2 is 1.89 bits per heavy atom. The number of aromatic carboxylic acids is 1. The number of para-hydroxylation sites is 1. The second kappa shape index (κ2) is 7.20. The van der Waals surface area contributed by atoms with E-state index in [1.165, 1.54) is 18.4 Å². The fourth-order valence-corrected chi connectivity index (χ4v) is 4.04. The Morgan fingerprint density at radius 1 is 1.15 bits per heavy atom. The molecular formula is C23H26N2O2. The van der Waals surface area contributed by atoms with E-state index in [9.17, 15) is 9.90 Å². The molecule has 1 aliphatic carbocycles. The summed E-state index contributed by atoms with van der Waals surface area (Å²) in [5.74, 6) is -0.198. The van der Waals surface area contributed by atoms with Crippen molar-refractivity contribution in [3.8, 4) is 0 Å². The SMILES string of the molecule is Cc1ccc(Cn2c(C(=O)O)c(CNC3CCC3C)c3ccccc32)cc1. The molecule has 2 N–H and O–H groups in total. The largest absolute Gasteiger partial charge is 0.477 e. The van der Waals surface area contributed by atoms with Crippen molar-refractivity contribution in [2.45, 2.75) is 45.8 Å². The van der Waals surface area contributed by atoms with Gasteiger partial charge in [-0.25, -0.2) is 4.79 Å². The Morgan fingerprint density at radius 3 is 2.52 bits per heavy atom. The van der Waals surface area contributed by atoms with Crippen molar-refractivity contribution in [3.05, 3.63) is 70.9 Å². The number of rotatable bonds is 6. The molecule has 0 radical (unpaired) electrons. The first-order chi connectivity index (χ1) is 13.0. The number of benzene rings is 2. The summed E-state index contributed by atoms with van der Waals surface area (Å²) >= 11 is 0. The van der Waals surface area contributed by atoms with Crippen LogP contribution in [-0.4, -0.2) is 21.7 Å². The first kappa shape index (κ1) is 17.8. The number of nitrogens with zero attached hydrogens (tertiary/aromatic N) is 1. The van der Waals surface area contributed by atoms with Crippen LogP contribution in [0.15, 0.2) is 48.5 Å². The smallest absolute Gasteiger partial charge is 0.352 e. The average Bonchev–Trinajstić information content (AvgIpc) is 2.96. The summed E-state index contributed by atoms with van der Waals surface area (Å²) in [6.07, 6.45) is 2.42. The number of hydrogen-bond acceptors (Lipinski definition) is 2. The van der Waals surface area contributed by atoms with Gasteiger partial charge in [0.1, 0.15) is 5.69 Å². The zero-order chi connectivity index (χ0) is 19.0. The summed E-state index contributed by atoms with van der Waals surface area (Å²) in [7, 11) is 0. The molecule has 0 aliphatic heterocycles. The van der Waals surface area contributed by atoms with Gasteiger partial charge in [-0.15, -0.1) is 0 Å². The number of carboxylic acid groups (broad SMARTS) is 1. The lowest BCUT2D eigenvalue weighted by Gasteiger charge is -2.34. The molecule has 140 valence electrons. The topological polar surface area (TPSA) is 54.3 Å². The summed E-state index contributed by atoms with van der Waals surface area (Å²) in [4.78, 5) is 12.2. The molecule has 1 fully saturated rings. The highest BCUT2D eigenvalue weighted by Crippen LogP contribution is 2.30. The average molecular weight is 362 g/mol. The number of aromatic nitrogens is 1. The first-order valence-electron chi connectivity index (χ1n) is 9.67. The number of hydrogen-bond donors (Lipinski definition) is 2. The lowest BCUT2D eigenvalue weighted by molar-refractivity contribution is 0.0684. The first-order valence-corrected chi connectivity index (χ1v) is 9.67. The van der Waals surface area contributed by atoms with E-state index in [-0.39, 0.29) is 0 Å². The maximum Gasteiger partial charge on any atom is 0.352 e. The molecule has 4 rings (SSSR count). The molecule has 1 saturated carbocycles. The maximum absolute atomic E-state index is 12.2. The van der Waals surface area contributed by atoms with Crippen LogP contribution < -0.4 is 5.32 Å². The van der Waals surface area contributed by atoms with Crippen LogP contribution in [0.25, 0.3) is 10.9 Å². The van der Waals surface area contributed by atoms with Crippen molar-refractivity contribution in [1.82, 2.24) is 9.88 Å². The van der Waals surface area contributed by atoms with Gasteiger partial charge in [-0.1, -0.05) is 55.0 Å². The van der Waals surface area contributed by atoms with Crippen LogP contribution in [0.5, 0.6) is 0 Å². The van der Waals surface area contributed by atoms with Crippen molar-refractivity contribution in [2.75, 3.05) is 0 Å². The van der Waals surface area contributed by atoms with E-state index in [0.29, 0.717) is 30.7 Å². The van der Waals surface area contributed by atoms with Crippen LogP contribution in [-0.2, 0) is 13.1 Å². The van der Waals surface area contributed by atoms with Crippen molar-refractivity contribution < 1.29 is 9.90 Å². The zero-order valence-corrected chi connectivity index (χ0v) is 15.9. The molecule has 4 heteroatoms. The Kier molecular flexibility index (Phi) is 4.75. The molecule has 2 unspecified atom stereocenters.